The van der Waals surface area contributed by atoms with Crippen molar-refractivity contribution in [1.82, 2.24) is 0 Å². The number of amides is 1. The zero-order chi connectivity index (χ0) is 16.4. The van der Waals surface area contributed by atoms with Crippen LogP contribution in [0.4, 0.5) is 5.69 Å². The minimum absolute atomic E-state index is 0.0273. The van der Waals surface area contributed by atoms with Gasteiger partial charge in [-0.3, -0.25) is 4.79 Å². The van der Waals surface area contributed by atoms with E-state index in [0.29, 0.717) is 12.0 Å². The van der Waals surface area contributed by atoms with E-state index in [1.165, 1.54) is 0 Å². The van der Waals surface area contributed by atoms with Crippen molar-refractivity contribution in [2.45, 2.75) is 19.4 Å². The van der Waals surface area contributed by atoms with Gasteiger partial charge < -0.3 is 4.90 Å². The fourth-order valence-corrected chi connectivity index (χ4v) is 4.67. The number of rotatable bonds is 3. The van der Waals surface area contributed by atoms with Crippen LogP contribution in [0.25, 0.3) is 0 Å². The molecule has 0 spiro atoms. The number of aryl methyl sites for hydroxylation is 1. The van der Waals surface area contributed by atoms with Crippen LogP contribution in [-0.4, -0.2) is 31.9 Å². The summed E-state index contributed by atoms with van der Waals surface area (Å²) in [6, 6.07) is 16.3. The highest BCUT2D eigenvalue weighted by molar-refractivity contribution is 7.91. The average Bonchev–Trinajstić information content (AvgIpc) is 2.88. The van der Waals surface area contributed by atoms with Crippen molar-refractivity contribution in [3.05, 3.63) is 65.7 Å². The van der Waals surface area contributed by atoms with E-state index < -0.39 is 9.84 Å². The van der Waals surface area contributed by atoms with Gasteiger partial charge in [-0.1, -0.05) is 30.3 Å². The molecule has 5 heteroatoms. The summed E-state index contributed by atoms with van der Waals surface area (Å²) in [7, 11) is -3.07. The standard InChI is InChI=1S/C18H19NO3S/c1-14-6-5-9-16(12-14)19(17-10-11-23(21,22)13-17)18(20)15-7-3-2-4-8-15/h2-9,12,17H,10-11,13H2,1H3/t17-/m1/s1. The summed E-state index contributed by atoms with van der Waals surface area (Å²) in [4.78, 5) is 14.6. The minimum atomic E-state index is -3.07. The van der Waals surface area contributed by atoms with Crippen LogP contribution in [0.2, 0.25) is 0 Å². The molecule has 1 saturated heterocycles. The van der Waals surface area contributed by atoms with E-state index in [-0.39, 0.29) is 23.5 Å². The molecule has 120 valence electrons. The van der Waals surface area contributed by atoms with Crippen molar-refractivity contribution in [2.24, 2.45) is 0 Å². The molecule has 1 heterocycles. The molecule has 1 aliphatic heterocycles. The first-order valence-corrected chi connectivity index (χ1v) is 9.44. The second-order valence-electron chi connectivity index (χ2n) is 5.94. The highest BCUT2D eigenvalue weighted by Gasteiger charge is 2.35. The van der Waals surface area contributed by atoms with Crippen LogP contribution in [0.5, 0.6) is 0 Å². The van der Waals surface area contributed by atoms with Gasteiger partial charge in [0.1, 0.15) is 0 Å². The molecular formula is C18H19NO3S. The molecule has 1 atom stereocenters. The number of carbonyl (C=O) groups is 1. The predicted octanol–water partition coefficient (Wildman–Crippen LogP) is 2.83. The van der Waals surface area contributed by atoms with Gasteiger partial charge in [0.15, 0.2) is 9.84 Å². The molecule has 0 bridgehead atoms. The molecule has 23 heavy (non-hydrogen) atoms. The van der Waals surface area contributed by atoms with Gasteiger partial charge in [-0.2, -0.15) is 0 Å². The third-order valence-corrected chi connectivity index (χ3v) is 5.84. The fourth-order valence-electron chi connectivity index (χ4n) is 2.97. The molecule has 0 radical (unpaired) electrons. The quantitative estimate of drug-likeness (QED) is 0.870. The Morgan fingerprint density at radius 1 is 1.09 bits per heavy atom. The average molecular weight is 329 g/mol. The minimum Gasteiger partial charge on any atom is -0.304 e. The van der Waals surface area contributed by atoms with Gasteiger partial charge in [-0.05, 0) is 43.2 Å². The molecule has 3 rings (SSSR count). The molecule has 0 aromatic heterocycles. The van der Waals surface area contributed by atoms with Gasteiger partial charge in [0.25, 0.3) is 5.91 Å². The fraction of sp³-hybridized carbons (Fsp3) is 0.278. The number of nitrogens with zero attached hydrogens (tertiary/aromatic N) is 1. The van der Waals surface area contributed by atoms with Gasteiger partial charge in [0.05, 0.1) is 17.5 Å². The highest BCUT2D eigenvalue weighted by atomic mass is 32.2. The van der Waals surface area contributed by atoms with E-state index >= 15 is 0 Å². The summed E-state index contributed by atoms with van der Waals surface area (Å²) in [5, 5.41) is 0. The second kappa shape index (κ2) is 6.16. The first kappa shape index (κ1) is 15.7. The maximum Gasteiger partial charge on any atom is 0.258 e. The van der Waals surface area contributed by atoms with Crippen molar-refractivity contribution >= 4 is 21.4 Å². The number of sulfone groups is 1. The molecule has 0 unspecified atom stereocenters. The lowest BCUT2D eigenvalue weighted by Crippen LogP contribution is -2.41. The molecule has 2 aromatic rings. The van der Waals surface area contributed by atoms with Crippen LogP contribution < -0.4 is 4.90 Å². The van der Waals surface area contributed by atoms with Crippen LogP contribution >= 0.6 is 0 Å². The number of anilines is 1. The van der Waals surface area contributed by atoms with E-state index in [1.54, 1.807) is 17.0 Å². The zero-order valence-electron chi connectivity index (χ0n) is 13.0. The largest absolute Gasteiger partial charge is 0.304 e. The molecule has 1 fully saturated rings. The van der Waals surface area contributed by atoms with E-state index in [0.717, 1.165) is 11.3 Å². The van der Waals surface area contributed by atoms with Gasteiger partial charge in [-0.15, -0.1) is 0 Å². The first-order valence-electron chi connectivity index (χ1n) is 7.62. The summed E-state index contributed by atoms with van der Waals surface area (Å²) < 4.78 is 23.7. The molecule has 0 aliphatic carbocycles. The Balaban J connectivity index is 2.02. The topological polar surface area (TPSA) is 54.5 Å². The monoisotopic (exact) mass is 329 g/mol. The third kappa shape index (κ3) is 3.45. The van der Waals surface area contributed by atoms with Crippen LogP contribution in [0.3, 0.4) is 0 Å². The van der Waals surface area contributed by atoms with Gasteiger partial charge >= 0.3 is 0 Å². The maximum atomic E-state index is 13.0. The number of carbonyl (C=O) groups excluding carboxylic acids is 1. The van der Waals surface area contributed by atoms with Gasteiger partial charge in [0, 0.05) is 11.3 Å². The summed E-state index contributed by atoms with van der Waals surface area (Å²) in [6.07, 6.45) is 0.481. The predicted molar refractivity (Wildman–Crippen MR) is 91.5 cm³/mol. The molecule has 1 aliphatic rings. The molecular weight excluding hydrogens is 310 g/mol. The Kier molecular flexibility index (Phi) is 4.22. The zero-order valence-corrected chi connectivity index (χ0v) is 13.8. The Bertz CT molecular complexity index is 815. The summed E-state index contributed by atoms with van der Waals surface area (Å²) >= 11 is 0. The van der Waals surface area contributed by atoms with Crippen molar-refractivity contribution < 1.29 is 13.2 Å². The third-order valence-electron chi connectivity index (χ3n) is 4.09. The Labute approximate surface area is 136 Å². The van der Waals surface area contributed by atoms with Crippen molar-refractivity contribution in [3.8, 4) is 0 Å². The molecule has 2 aromatic carbocycles. The smallest absolute Gasteiger partial charge is 0.258 e. The summed E-state index contributed by atoms with van der Waals surface area (Å²) in [5.41, 5.74) is 2.36. The SMILES string of the molecule is Cc1cccc(N(C(=O)c2ccccc2)[C@@H]2CCS(=O)(=O)C2)c1. The number of benzene rings is 2. The number of hydrogen-bond acceptors (Lipinski definition) is 3. The van der Waals surface area contributed by atoms with Crippen LogP contribution in [0.1, 0.15) is 22.3 Å². The van der Waals surface area contributed by atoms with E-state index in [9.17, 15) is 13.2 Å². The molecule has 1 amide bonds. The van der Waals surface area contributed by atoms with E-state index in [1.807, 2.05) is 49.4 Å². The van der Waals surface area contributed by atoms with E-state index in [2.05, 4.69) is 0 Å². The van der Waals surface area contributed by atoms with Crippen molar-refractivity contribution in [3.63, 3.8) is 0 Å². The molecule has 0 N–H and O–H groups in total. The maximum absolute atomic E-state index is 13.0. The molecule has 4 nitrogen and oxygen atoms in total. The molecule has 0 saturated carbocycles. The van der Waals surface area contributed by atoms with Crippen LogP contribution in [-0.2, 0) is 9.84 Å². The Morgan fingerprint density at radius 3 is 2.43 bits per heavy atom. The Morgan fingerprint density at radius 2 is 1.83 bits per heavy atom. The van der Waals surface area contributed by atoms with Crippen LogP contribution in [0, 0.1) is 6.92 Å². The summed E-state index contributed by atoms with van der Waals surface area (Å²) in [5.74, 6) is 0.0139. The Hall–Kier alpha value is -2.14. The van der Waals surface area contributed by atoms with Gasteiger partial charge in [0.2, 0.25) is 0 Å². The number of hydrogen-bond donors (Lipinski definition) is 0. The van der Waals surface area contributed by atoms with Crippen molar-refractivity contribution in [1.29, 1.82) is 0 Å². The lowest BCUT2D eigenvalue weighted by molar-refractivity contribution is 0.0979. The highest BCUT2D eigenvalue weighted by Crippen LogP contribution is 2.27. The lowest BCUT2D eigenvalue weighted by atomic mass is 10.1. The van der Waals surface area contributed by atoms with Gasteiger partial charge in [-0.25, -0.2) is 8.42 Å². The lowest BCUT2D eigenvalue weighted by Gasteiger charge is -2.29. The van der Waals surface area contributed by atoms with Crippen LogP contribution in [0.15, 0.2) is 54.6 Å². The van der Waals surface area contributed by atoms with Crippen molar-refractivity contribution in [2.75, 3.05) is 16.4 Å². The second-order valence-corrected chi connectivity index (χ2v) is 8.17. The summed E-state index contributed by atoms with van der Waals surface area (Å²) in [6.45, 7) is 1.96. The first-order chi connectivity index (χ1) is 11.0. The normalized spacial score (nSPS) is 19.4. The van der Waals surface area contributed by atoms with E-state index in [4.69, 9.17) is 0 Å².